The highest BCUT2D eigenvalue weighted by Crippen LogP contribution is 2.28. The summed E-state index contributed by atoms with van der Waals surface area (Å²) in [6.45, 7) is 24.8. The molecule has 0 aliphatic carbocycles. The van der Waals surface area contributed by atoms with Crippen molar-refractivity contribution in [2.45, 2.75) is 198 Å². The quantitative estimate of drug-likeness (QED) is 0.0686. The summed E-state index contributed by atoms with van der Waals surface area (Å²) in [6, 6.07) is 0. The molecule has 0 aliphatic rings. The first-order valence-corrected chi connectivity index (χ1v) is 20.7. The SMILES string of the molecule is CC(C)CCCC(C)CCCC(C)CCCC(C)CCO[P+](=O)OCCC(C)CCCC(C)CCCC(C)CCCC(C)C. The average Bonchev–Trinajstić information content (AvgIpc) is 2.92. The normalized spacial score (nSPS) is 16.7. The molecule has 0 saturated carbocycles. The predicted octanol–water partition coefficient (Wildman–Crippen LogP) is 14.6. The van der Waals surface area contributed by atoms with E-state index in [1.165, 1.54) is 116 Å². The van der Waals surface area contributed by atoms with E-state index in [0.29, 0.717) is 25.0 Å². The smallest absolute Gasteiger partial charge is 0.119 e. The Hall–Kier alpha value is 0.0200. The molecule has 0 spiro atoms. The van der Waals surface area contributed by atoms with Crippen molar-refractivity contribution in [3.05, 3.63) is 0 Å². The van der Waals surface area contributed by atoms with Gasteiger partial charge in [0.1, 0.15) is 13.2 Å². The van der Waals surface area contributed by atoms with Crippen LogP contribution in [0.4, 0.5) is 0 Å². The minimum atomic E-state index is -1.98. The molecule has 6 atom stereocenters. The van der Waals surface area contributed by atoms with Gasteiger partial charge in [-0.2, -0.15) is 0 Å². The molecule has 0 N–H and O–H groups in total. The monoisotopic (exact) mass is 642 g/mol. The molecule has 0 aliphatic heterocycles. The van der Waals surface area contributed by atoms with Gasteiger partial charge in [-0.15, -0.1) is 9.05 Å². The predicted molar refractivity (Wildman–Crippen MR) is 197 cm³/mol. The second-order valence-corrected chi connectivity index (χ2v) is 17.4. The third-order valence-corrected chi connectivity index (χ3v) is 10.9. The molecule has 3 nitrogen and oxygen atoms in total. The zero-order chi connectivity index (χ0) is 33.2. The summed E-state index contributed by atoms with van der Waals surface area (Å²) >= 11 is 0. The standard InChI is InChI=1S/C40H82O3P/c1-33(2)17-11-19-35(5)21-13-23-37(7)25-15-27-39(9)29-31-42-44(41)43-32-30-40(10)28-16-26-38(8)24-14-22-36(6)20-12-18-34(3)4/h33-40H,11-32H2,1-10H3/q+1. The van der Waals surface area contributed by atoms with Crippen LogP contribution in [-0.4, -0.2) is 13.2 Å². The summed E-state index contributed by atoms with van der Waals surface area (Å²) in [5.74, 6) is 6.36. The van der Waals surface area contributed by atoms with Gasteiger partial charge in [-0.1, -0.05) is 185 Å². The second kappa shape index (κ2) is 29.2. The number of hydrogen-bond donors (Lipinski definition) is 0. The molecule has 0 aromatic carbocycles. The van der Waals surface area contributed by atoms with Crippen molar-refractivity contribution < 1.29 is 13.6 Å². The fraction of sp³-hybridized carbons (Fsp3) is 1.00. The molecule has 44 heavy (non-hydrogen) atoms. The molecule has 264 valence electrons. The minimum Gasteiger partial charge on any atom is -0.119 e. The zero-order valence-corrected chi connectivity index (χ0v) is 32.7. The molecule has 0 amide bonds. The van der Waals surface area contributed by atoms with Gasteiger partial charge in [-0.3, -0.25) is 0 Å². The van der Waals surface area contributed by atoms with Crippen molar-refractivity contribution in [2.24, 2.45) is 47.3 Å². The van der Waals surface area contributed by atoms with Gasteiger partial charge in [0.25, 0.3) is 0 Å². The third kappa shape index (κ3) is 30.7. The Kier molecular flexibility index (Phi) is 29.2. The van der Waals surface area contributed by atoms with E-state index in [-0.39, 0.29) is 0 Å². The van der Waals surface area contributed by atoms with Crippen LogP contribution in [0.3, 0.4) is 0 Å². The first-order valence-electron chi connectivity index (χ1n) is 19.6. The lowest BCUT2D eigenvalue weighted by atomic mass is 9.91. The van der Waals surface area contributed by atoms with Gasteiger partial charge in [0.15, 0.2) is 0 Å². The van der Waals surface area contributed by atoms with E-state index in [0.717, 1.165) is 48.3 Å². The van der Waals surface area contributed by atoms with Crippen molar-refractivity contribution in [1.29, 1.82) is 0 Å². The maximum atomic E-state index is 12.2. The van der Waals surface area contributed by atoms with Crippen molar-refractivity contribution in [1.82, 2.24) is 0 Å². The molecule has 0 rings (SSSR count). The Morgan fingerprint density at radius 2 is 0.545 bits per heavy atom. The van der Waals surface area contributed by atoms with E-state index >= 15 is 0 Å². The van der Waals surface area contributed by atoms with Gasteiger partial charge in [0.2, 0.25) is 0 Å². The van der Waals surface area contributed by atoms with Gasteiger partial charge >= 0.3 is 8.25 Å². The first kappa shape index (κ1) is 44.0. The average molecular weight is 642 g/mol. The highest BCUT2D eigenvalue weighted by Gasteiger charge is 2.21. The van der Waals surface area contributed by atoms with E-state index in [1.807, 2.05) is 0 Å². The van der Waals surface area contributed by atoms with Crippen LogP contribution in [0.2, 0.25) is 0 Å². The molecule has 0 bridgehead atoms. The fourth-order valence-electron chi connectivity index (χ4n) is 6.57. The van der Waals surface area contributed by atoms with E-state index in [9.17, 15) is 4.57 Å². The van der Waals surface area contributed by atoms with Crippen LogP contribution in [0.15, 0.2) is 0 Å². The largest absolute Gasteiger partial charge is 0.697 e. The van der Waals surface area contributed by atoms with Gasteiger partial charge in [0.05, 0.1) is 0 Å². The summed E-state index contributed by atoms with van der Waals surface area (Å²) in [5.41, 5.74) is 0. The molecular formula is C40H82O3P+. The molecule has 0 aromatic rings. The van der Waals surface area contributed by atoms with E-state index in [4.69, 9.17) is 9.05 Å². The summed E-state index contributed by atoms with van der Waals surface area (Å²) in [5, 5.41) is 0. The van der Waals surface area contributed by atoms with Crippen molar-refractivity contribution in [3.8, 4) is 0 Å². The lowest BCUT2D eigenvalue weighted by molar-refractivity contribution is 0.202. The molecule has 0 heterocycles. The van der Waals surface area contributed by atoms with Crippen molar-refractivity contribution in [2.75, 3.05) is 13.2 Å². The minimum absolute atomic E-state index is 0.546. The topological polar surface area (TPSA) is 35.5 Å². The molecule has 4 heteroatoms. The first-order chi connectivity index (χ1) is 20.9. The number of hydrogen-bond acceptors (Lipinski definition) is 3. The van der Waals surface area contributed by atoms with Gasteiger partial charge < -0.3 is 0 Å². The third-order valence-electron chi connectivity index (χ3n) is 10.1. The molecule has 0 saturated heterocycles. The van der Waals surface area contributed by atoms with Crippen LogP contribution in [0.1, 0.15) is 198 Å². The molecule has 0 fully saturated rings. The van der Waals surface area contributed by atoms with Gasteiger partial charge in [0, 0.05) is 4.57 Å². The second-order valence-electron chi connectivity index (χ2n) is 16.5. The highest BCUT2D eigenvalue weighted by molar-refractivity contribution is 7.33. The van der Waals surface area contributed by atoms with Gasteiger partial charge in [-0.05, 0) is 60.2 Å². The van der Waals surface area contributed by atoms with E-state index in [2.05, 4.69) is 69.2 Å². The lowest BCUT2D eigenvalue weighted by Gasteiger charge is -2.16. The summed E-state index contributed by atoms with van der Waals surface area (Å²) in [7, 11) is -1.98. The van der Waals surface area contributed by atoms with E-state index in [1.54, 1.807) is 0 Å². The fourth-order valence-corrected chi connectivity index (χ4v) is 7.15. The molecule has 0 aromatic heterocycles. The van der Waals surface area contributed by atoms with Crippen LogP contribution in [0, 0.1) is 47.3 Å². The summed E-state index contributed by atoms with van der Waals surface area (Å²) in [6.07, 6.45) is 26.3. The van der Waals surface area contributed by atoms with Crippen LogP contribution >= 0.6 is 8.25 Å². The van der Waals surface area contributed by atoms with E-state index < -0.39 is 8.25 Å². The Morgan fingerprint density at radius 3 is 0.773 bits per heavy atom. The maximum Gasteiger partial charge on any atom is 0.697 e. The molecular weight excluding hydrogens is 559 g/mol. The Labute approximate surface area is 279 Å². The van der Waals surface area contributed by atoms with Crippen molar-refractivity contribution >= 4 is 8.25 Å². The Morgan fingerprint density at radius 1 is 0.341 bits per heavy atom. The van der Waals surface area contributed by atoms with Crippen LogP contribution in [0.25, 0.3) is 0 Å². The van der Waals surface area contributed by atoms with Crippen LogP contribution < -0.4 is 0 Å². The van der Waals surface area contributed by atoms with Crippen LogP contribution in [-0.2, 0) is 13.6 Å². The van der Waals surface area contributed by atoms with Crippen LogP contribution in [0.5, 0.6) is 0 Å². The molecule has 0 radical (unpaired) electrons. The molecule has 6 unspecified atom stereocenters. The van der Waals surface area contributed by atoms with Crippen molar-refractivity contribution in [3.63, 3.8) is 0 Å². The van der Waals surface area contributed by atoms with Gasteiger partial charge in [-0.25, -0.2) is 0 Å². The highest BCUT2D eigenvalue weighted by atomic mass is 31.1. The Bertz CT molecular complexity index is 584. The lowest BCUT2D eigenvalue weighted by Crippen LogP contribution is -2.04. The Balaban J connectivity index is 3.69. The number of rotatable bonds is 32. The maximum absolute atomic E-state index is 12.2. The summed E-state index contributed by atoms with van der Waals surface area (Å²) in [4.78, 5) is 0. The summed E-state index contributed by atoms with van der Waals surface area (Å²) < 4.78 is 23.2. The zero-order valence-electron chi connectivity index (χ0n) is 31.8.